The van der Waals surface area contributed by atoms with E-state index in [2.05, 4.69) is 4.98 Å². The molecule has 0 spiro atoms. The Bertz CT molecular complexity index is 250. The predicted octanol–water partition coefficient (Wildman–Crippen LogP) is 1.62. The van der Waals surface area contributed by atoms with Crippen LogP contribution in [0, 0.1) is 6.92 Å². The van der Waals surface area contributed by atoms with Crippen molar-refractivity contribution in [1.82, 2.24) is 4.98 Å². The number of rotatable bonds is 1. The minimum Gasteiger partial charge on any atom is -0.386 e. The summed E-state index contributed by atoms with van der Waals surface area (Å²) in [5, 5.41) is 9.64. The third-order valence-electron chi connectivity index (χ3n) is 1.68. The second-order valence-corrected chi connectivity index (χ2v) is 3.25. The van der Waals surface area contributed by atoms with Gasteiger partial charge in [0.2, 0.25) is 0 Å². The Morgan fingerprint density at radius 2 is 2.09 bits per heavy atom. The first kappa shape index (κ1) is 8.21. The highest BCUT2D eigenvalue weighted by Crippen LogP contribution is 2.21. The smallest absolute Gasteiger partial charge is 0.0844 e. The zero-order chi connectivity index (χ0) is 8.48. The summed E-state index contributed by atoms with van der Waals surface area (Å²) in [6, 6.07) is 1.84. The maximum Gasteiger partial charge on any atom is 0.0844 e. The van der Waals surface area contributed by atoms with Gasteiger partial charge in [0, 0.05) is 12.4 Å². The molecule has 0 atom stereocenters. The van der Waals surface area contributed by atoms with Crippen molar-refractivity contribution < 1.29 is 5.11 Å². The molecule has 1 rings (SSSR count). The standard InChI is InChI=1S/C9H13NO/c1-7-6-10-5-4-8(7)9(2,3)11/h4-6,11H,1-3H3. The van der Waals surface area contributed by atoms with Gasteiger partial charge in [-0.15, -0.1) is 0 Å². The van der Waals surface area contributed by atoms with Gasteiger partial charge in [0.25, 0.3) is 0 Å². The van der Waals surface area contributed by atoms with Crippen LogP contribution < -0.4 is 0 Å². The third kappa shape index (κ3) is 1.77. The van der Waals surface area contributed by atoms with E-state index in [1.165, 1.54) is 0 Å². The number of aromatic nitrogens is 1. The van der Waals surface area contributed by atoms with Crippen LogP contribution in [0.15, 0.2) is 18.5 Å². The van der Waals surface area contributed by atoms with E-state index in [0.717, 1.165) is 11.1 Å². The highest BCUT2D eigenvalue weighted by molar-refractivity contribution is 5.26. The fourth-order valence-electron chi connectivity index (χ4n) is 1.16. The summed E-state index contributed by atoms with van der Waals surface area (Å²) in [4.78, 5) is 3.95. The van der Waals surface area contributed by atoms with Gasteiger partial charge in [-0.2, -0.15) is 0 Å². The quantitative estimate of drug-likeness (QED) is 0.661. The molecule has 1 N–H and O–H groups in total. The molecule has 1 heterocycles. The average molecular weight is 151 g/mol. The van der Waals surface area contributed by atoms with Crippen LogP contribution in [0.25, 0.3) is 0 Å². The zero-order valence-corrected chi connectivity index (χ0v) is 7.13. The van der Waals surface area contributed by atoms with Crippen molar-refractivity contribution in [2.45, 2.75) is 26.4 Å². The van der Waals surface area contributed by atoms with E-state index in [4.69, 9.17) is 0 Å². The van der Waals surface area contributed by atoms with Crippen LogP contribution in [-0.4, -0.2) is 10.1 Å². The maximum atomic E-state index is 9.64. The van der Waals surface area contributed by atoms with Crippen molar-refractivity contribution >= 4 is 0 Å². The van der Waals surface area contributed by atoms with Gasteiger partial charge in [-0.3, -0.25) is 4.98 Å². The predicted molar refractivity (Wildman–Crippen MR) is 44.2 cm³/mol. The molecule has 11 heavy (non-hydrogen) atoms. The molecule has 0 aliphatic rings. The lowest BCUT2D eigenvalue weighted by atomic mass is 9.96. The molecule has 0 amide bonds. The number of nitrogens with zero attached hydrogens (tertiary/aromatic N) is 1. The number of hydrogen-bond acceptors (Lipinski definition) is 2. The topological polar surface area (TPSA) is 33.1 Å². The largest absolute Gasteiger partial charge is 0.386 e. The van der Waals surface area contributed by atoms with Crippen LogP contribution in [-0.2, 0) is 5.60 Å². The summed E-state index contributed by atoms with van der Waals surface area (Å²) in [7, 11) is 0. The summed E-state index contributed by atoms with van der Waals surface area (Å²) in [6.45, 7) is 5.49. The van der Waals surface area contributed by atoms with Crippen LogP contribution in [0.2, 0.25) is 0 Å². The fraction of sp³-hybridized carbons (Fsp3) is 0.444. The van der Waals surface area contributed by atoms with Crippen molar-refractivity contribution in [1.29, 1.82) is 0 Å². The molecule has 0 unspecified atom stereocenters. The lowest BCUT2D eigenvalue weighted by Crippen LogP contribution is -2.16. The SMILES string of the molecule is Cc1cnccc1C(C)(C)O. The molecule has 0 bridgehead atoms. The second-order valence-electron chi connectivity index (χ2n) is 3.25. The lowest BCUT2D eigenvalue weighted by molar-refractivity contribution is 0.0778. The van der Waals surface area contributed by atoms with Gasteiger partial charge in [-0.1, -0.05) is 0 Å². The summed E-state index contributed by atoms with van der Waals surface area (Å²) < 4.78 is 0. The molecule has 1 aromatic rings. The minimum atomic E-state index is -0.757. The first-order valence-electron chi connectivity index (χ1n) is 3.65. The Hall–Kier alpha value is -0.890. The van der Waals surface area contributed by atoms with E-state index in [1.54, 1.807) is 26.2 Å². The molecule has 2 heteroatoms. The van der Waals surface area contributed by atoms with Crippen LogP contribution in [0.5, 0.6) is 0 Å². The van der Waals surface area contributed by atoms with Crippen molar-refractivity contribution in [2.75, 3.05) is 0 Å². The Kier molecular flexibility index (Phi) is 1.96. The van der Waals surface area contributed by atoms with Gasteiger partial charge >= 0.3 is 0 Å². The second kappa shape index (κ2) is 2.62. The van der Waals surface area contributed by atoms with E-state index in [0.29, 0.717) is 0 Å². The molecule has 60 valence electrons. The van der Waals surface area contributed by atoms with E-state index >= 15 is 0 Å². The first-order valence-corrected chi connectivity index (χ1v) is 3.65. The first-order chi connectivity index (χ1) is 5.02. The number of pyridine rings is 1. The third-order valence-corrected chi connectivity index (χ3v) is 1.68. The van der Waals surface area contributed by atoms with Crippen molar-refractivity contribution in [3.63, 3.8) is 0 Å². The zero-order valence-electron chi connectivity index (χ0n) is 7.13. The molecule has 0 radical (unpaired) electrons. The molecule has 0 saturated carbocycles. The fourth-order valence-corrected chi connectivity index (χ4v) is 1.16. The van der Waals surface area contributed by atoms with Gasteiger partial charge in [0.05, 0.1) is 5.60 Å². The molecule has 0 aliphatic carbocycles. The number of aryl methyl sites for hydroxylation is 1. The Morgan fingerprint density at radius 1 is 1.45 bits per heavy atom. The molecular formula is C9H13NO. The van der Waals surface area contributed by atoms with Gasteiger partial charge < -0.3 is 5.11 Å². The molecule has 2 nitrogen and oxygen atoms in total. The summed E-state index contributed by atoms with van der Waals surface area (Å²) >= 11 is 0. The highest BCUT2D eigenvalue weighted by atomic mass is 16.3. The van der Waals surface area contributed by atoms with Gasteiger partial charge in [0.15, 0.2) is 0 Å². The summed E-state index contributed by atoms with van der Waals surface area (Å²) in [5.74, 6) is 0. The van der Waals surface area contributed by atoms with Gasteiger partial charge in [-0.25, -0.2) is 0 Å². The maximum absolute atomic E-state index is 9.64. The van der Waals surface area contributed by atoms with Crippen molar-refractivity contribution in [3.05, 3.63) is 29.6 Å². The minimum absolute atomic E-state index is 0.757. The van der Waals surface area contributed by atoms with Gasteiger partial charge in [0.1, 0.15) is 0 Å². The van der Waals surface area contributed by atoms with Gasteiger partial charge in [-0.05, 0) is 38.0 Å². The number of hydrogen-bond donors (Lipinski definition) is 1. The Morgan fingerprint density at radius 3 is 2.45 bits per heavy atom. The van der Waals surface area contributed by atoms with E-state index in [9.17, 15) is 5.11 Å². The highest BCUT2D eigenvalue weighted by Gasteiger charge is 2.17. The molecular weight excluding hydrogens is 138 g/mol. The van der Waals surface area contributed by atoms with Crippen LogP contribution in [0.4, 0.5) is 0 Å². The number of aliphatic hydroxyl groups is 1. The molecule has 0 aliphatic heterocycles. The van der Waals surface area contributed by atoms with Crippen LogP contribution in [0.1, 0.15) is 25.0 Å². The molecule has 1 aromatic heterocycles. The summed E-state index contributed by atoms with van der Waals surface area (Å²) in [5.41, 5.74) is 1.21. The Labute approximate surface area is 66.9 Å². The molecule has 0 aromatic carbocycles. The van der Waals surface area contributed by atoms with Crippen LogP contribution >= 0.6 is 0 Å². The average Bonchev–Trinajstić information content (AvgIpc) is 1.86. The van der Waals surface area contributed by atoms with Crippen LogP contribution in [0.3, 0.4) is 0 Å². The normalized spacial score (nSPS) is 11.6. The van der Waals surface area contributed by atoms with Crippen molar-refractivity contribution in [2.24, 2.45) is 0 Å². The molecule has 0 saturated heterocycles. The lowest BCUT2D eigenvalue weighted by Gasteiger charge is -2.19. The summed E-state index contributed by atoms with van der Waals surface area (Å²) in [6.07, 6.45) is 3.45. The van der Waals surface area contributed by atoms with Crippen molar-refractivity contribution in [3.8, 4) is 0 Å². The molecule has 0 fully saturated rings. The Balaban J connectivity index is 3.14. The van der Waals surface area contributed by atoms with E-state index in [-0.39, 0.29) is 0 Å². The van der Waals surface area contributed by atoms with E-state index < -0.39 is 5.60 Å². The monoisotopic (exact) mass is 151 g/mol. The van der Waals surface area contributed by atoms with E-state index in [1.807, 2.05) is 13.0 Å².